The first kappa shape index (κ1) is 23.1. The van der Waals surface area contributed by atoms with E-state index in [0.29, 0.717) is 22.8 Å². The van der Waals surface area contributed by atoms with Crippen molar-refractivity contribution in [3.63, 3.8) is 0 Å². The molecule has 2 fully saturated rings. The number of ether oxygens (including phenoxy) is 1. The highest BCUT2D eigenvalue weighted by molar-refractivity contribution is 6.30. The second-order valence-electron chi connectivity index (χ2n) is 9.96. The summed E-state index contributed by atoms with van der Waals surface area (Å²) < 4.78 is 6.06. The largest absolute Gasteiger partial charge is 0.493 e. The molecule has 2 aromatic carbocycles. The third kappa shape index (κ3) is 5.85. The summed E-state index contributed by atoms with van der Waals surface area (Å²) >= 11 is 5.96. The molecule has 0 saturated carbocycles. The molecule has 2 aliphatic rings. The molecular weight excluding hydrogens is 420 g/mol. The Balaban J connectivity index is 1.29. The predicted octanol–water partition coefficient (Wildman–Crippen LogP) is 5.43. The molecule has 2 aromatic rings. The number of carbonyl (C=O) groups is 1. The molecule has 0 atom stereocenters. The normalized spacial score (nSPS) is 18.4. The molecule has 5 heteroatoms. The smallest absolute Gasteiger partial charge is 0.226 e. The maximum atomic E-state index is 12.8. The maximum absolute atomic E-state index is 12.8. The molecule has 0 aliphatic carbocycles. The van der Waals surface area contributed by atoms with E-state index >= 15 is 0 Å². The van der Waals surface area contributed by atoms with Gasteiger partial charge in [-0.2, -0.15) is 0 Å². The number of hydrogen-bond acceptors (Lipinski definition) is 3. The molecule has 0 aromatic heterocycles. The van der Waals surface area contributed by atoms with Crippen LogP contribution >= 0.6 is 11.6 Å². The molecular formula is C27H35ClN2O2. The lowest BCUT2D eigenvalue weighted by Gasteiger charge is -2.39. The van der Waals surface area contributed by atoms with Crippen LogP contribution in [-0.4, -0.2) is 48.5 Å². The highest BCUT2D eigenvalue weighted by Crippen LogP contribution is 2.41. The van der Waals surface area contributed by atoms with Crippen molar-refractivity contribution in [3.8, 4) is 5.75 Å². The quantitative estimate of drug-likeness (QED) is 0.559. The van der Waals surface area contributed by atoms with Gasteiger partial charge in [0.25, 0.3) is 0 Å². The maximum Gasteiger partial charge on any atom is 0.226 e. The predicted molar refractivity (Wildman–Crippen MR) is 130 cm³/mol. The highest BCUT2D eigenvalue weighted by atomic mass is 35.5. The van der Waals surface area contributed by atoms with Crippen LogP contribution in [0.2, 0.25) is 5.02 Å². The summed E-state index contributed by atoms with van der Waals surface area (Å²) in [4.78, 5) is 17.4. The number of para-hydroxylation sites is 1. The Labute approximate surface area is 197 Å². The van der Waals surface area contributed by atoms with Crippen molar-refractivity contribution in [1.82, 2.24) is 9.80 Å². The van der Waals surface area contributed by atoms with Gasteiger partial charge in [-0.3, -0.25) is 9.69 Å². The molecule has 172 valence electrons. The van der Waals surface area contributed by atoms with Crippen LogP contribution in [0.5, 0.6) is 5.75 Å². The van der Waals surface area contributed by atoms with Crippen molar-refractivity contribution >= 4 is 17.5 Å². The molecule has 0 bridgehead atoms. The van der Waals surface area contributed by atoms with E-state index in [9.17, 15) is 4.79 Å². The van der Waals surface area contributed by atoms with Crippen molar-refractivity contribution < 1.29 is 9.53 Å². The van der Waals surface area contributed by atoms with Gasteiger partial charge in [-0.15, -0.1) is 0 Å². The minimum absolute atomic E-state index is 0.230. The third-order valence-corrected chi connectivity index (χ3v) is 7.15. The molecule has 0 unspecified atom stereocenters. The van der Waals surface area contributed by atoms with Gasteiger partial charge in [0.2, 0.25) is 5.91 Å². The number of amides is 1. The number of carbonyl (C=O) groups excluding carboxylic acids is 1. The van der Waals surface area contributed by atoms with Crippen LogP contribution in [0.3, 0.4) is 0 Å². The van der Waals surface area contributed by atoms with Gasteiger partial charge in [-0.25, -0.2) is 0 Å². The molecule has 2 aliphatic heterocycles. The Morgan fingerprint density at radius 2 is 1.72 bits per heavy atom. The first-order valence-corrected chi connectivity index (χ1v) is 12.3. The minimum atomic E-state index is 0.230. The van der Waals surface area contributed by atoms with Crippen LogP contribution in [0.4, 0.5) is 0 Å². The lowest BCUT2D eigenvalue weighted by Crippen LogP contribution is -2.44. The summed E-state index contributed by atoms with van der Waals surface area (Å²) in [6.45, 7) is 10.0. The first-order valence-electron chi connectivity index (χ1n) is 11.9. The van der Waals surface area contributed by atoms with Crippen LogP contribution < -0.4 is 4.74 Å². The Morgan fingerprint density at radius 1 is 1.03 bits per heavy atom. The average molecular weight is 455 g/mol. The van der Waals surface area contributed by atoms with Gasteiger partial charge in [-0.1, -0.05) is 55.8 Å². The van der Waals surface area contributed by atoms with Gasteiger partial charge in [0, 0.05) is 36.8 Å². The van der Waals surface area contributed by atoms with Crippen LogP contribution in [-0.2, 0) is 17.8 Å². The first-order chi connectivity index (χ1) is 15.4. The zero-order valence-corrected chi connectivity index (χ0v) is 20.1. The third-order valence-electron chi connectivity index (χ3n) is 6.90. The number of piperidine rings is 1. The van der Waals surface area contributed by atoms with Crippen molar-refractivity contribution in [2.75, 3.05) is 32.8 Å². The highest BCUT2D eigenvalue weighted by Gasteiger charge is 2.41. The fraction of sp³-hybridized carbons (Fsp3) is 0.519. The van der Waals surface area contributed by atoms with Crippen molar-refractivity contribution in [3.05, 3.63) is 64.7 Å². The fourth-order valence-electron chi connectivity index (χ4n) is 4.96. The molecule has 2 heterocycles. The van der Waals surface area contributed by atoms with Crippen LogP contribution in [0.1, 0.15) is 44.2 Å². The van der Waals surface area contributed by atoms with E-state index in [4.69, 9.17) is 16.3 Å². The second-order valence-corrected chi connectivity index (χ2v) is 10.4. The molecule has 1 amide bonds. The number of rotatable bonds is 7. The summed E-state index contributed by atoms with van der Waals surface area (Å²) in [6, 6.07) is 16.1. The summed E-state index contributed by atoms with van der Waals surface area (Å²) in [5.74, 6) is 1.77. The lowest BCUT2D eigenvalue weighted by atomic mass is 9.77. The van der Waals surface area contributed by atoms with Gasteiger partial charge in [0.05, 0.1) is 13.0 Å². The van der Waals surface area contributed by atoms with E-state index < -0.39 is 0 Å². The van der Waals surface area contributed by atoms with Crippen LogP contribution in [0.25, 0.3) is 0 Å². The van der Waals surface area contributed by atoms with E-state index in [-0.39, 0.29) is 5.91 Å². The summed E-state index contributed by atoms with van der Waals surface area (Å²) in [6.07, 6.45) is 3.88. The Morgan fingerprint density at radius 3 is 2.44 bits per heavy atom. The van der Waals surface area contributed by atoms with Crippen molar-refractivity contribution in [2.45, 2.75) is 46.1 Å². The zero-order valence-electron chi connectivity index (χ0n) is 19.4. The van der Waals surface area contributed by atoms with Crippen LogP contribution in [0.15, 0.2) is 48.5 Å². The van der Waals surface area contributed by atoms with E-state index in [1.807, 2.05) is 24.3 Å². The molecule has 2 saturated heterocycles. The molecule has 4 rings (SSSR count). The number of halogens is 1. The number of nitrogens with zero attached hydrogens (tertiary/aromatic N) is 2. The van der Waals surface area contributed by atoms with Gasteiger partial charge < -0.3 is 9.64 Å². The van der Waals surface area contributed by atoms with Gasteiger partial charge in [-0.05, 0) is 60.9 Å². The molecule has 4 nitrogen and oxygen atoms in total. The van der Waals surface area contributed by atoms with Gasteiger partial charge in [0.1, 0.15) is 5.75 Å². The minimum Gasteiger partial charge on any atom is -0.493 e. The van der Waals surface area contributed by atoms with E-state index in [1.54, 1.807) is 0 Å². The summed E-state index contributed by atoms with van der Waals surface area (Å²) in [5, 5.41) is 0.709. The zero-order chi connectivity index (χ0) is 22.6. The molecule has 0 N–H and O–H groups in total. The van der Waals surface area contributed by atoms with Crippen molar-refractivity contribution in [2.24, 2.45) is 11.3 Å². The topological polar surface area (TPSA) is 32.8 Å². The van der Waals surface area contributed by atoms with Crippen LogP contribution in [0, 0.1) is 11.3 Å². The fourth-order valence-corrected chi connectivity index (χ4v) is 5.09. The molecule has 0 radical (unpaired) electrons. The average Bonchev–Trinajstić information content (AvgIpc) is 3.17. The summed E-state index contributed by atoms with van der Waals surface area (Å²) in [7, 11) is 0. The van der Waals surface area contributed by atoms with E-state index in [0.717, 1.165) is 63.5 Å². The second kappa shape index (κ2) is 10.3. The SMILES string of the molecule is CC(C)COc1ccccc1CN1CCC2(CCN(C(=O)Cc3ccc(Cl)cc3)CC2)C1. The summed E-state index contributed by atoms with van der Waals surface area (Å²) in [5.41, 5.74) is 2.66. The van der Waals surface area contributed by atoms with E-state index in [2.05, 4.69) is 47.9 Å². The van der Waals surface area contributed by atoms with Gasteiger partial charge in [0.15, 0.2) is 0 Å². The number of hydrogen-bond donors (Lipinski definition) is 0. The lowest BCUT2D eigenvalue weighted by molar-refractivity contribution is -0.132. The monoisotopic (exact) mass is 454 g/mol. The standard InChI is InChI=1S/C27H35ClN2O2/c1-21(2)19-32-25-6-4-3-5-23(25)18-29-14-11-27(20-29)12-15-30(16-13-27)26(31)17-22-7-9-24(28)10-8-22/h3-10,21H,11-20H2,1-2H3. The Hall–Kier alpha value is -2.04. The molecule has 32 heavy (non-hydrogen) atoms. The number of benzene rings is 2. The Kier molecular flexibility index (Phi) is 7.42. The van der Waals surface area contributed by atoms with Crippen molar-refractivity contribution in [1.29, 1.82) is 0 Å². The van der Waals surface area contributed by atoms with Gasteiger partial charge >= 0.3 is 0 Å². The van der Waals surface area contributed by atoms with E-state index in [1.165, 1.54) is 12.0 Å². The Bertz CT molecular complexity index is 904. The molecule has 1 spiro atoms. The number of likely N-dealkylation sites (tertiary alicyclic amines) is 2.